The topological polar surface area (TPSA) is 119 Å². The van der Waals surface area contributed by atoms with Crippen molar-refractivity contribution in [1.82, 2.24) is 0 Å². The summed E-state index contributed by atoms with van der Waals surface area (Å²) in [4.78, 5) is 26.8. The first-order chi connectivity index (χ1) is 13.2. The zero-order chi connectivity index (χ0) is 20.5. The van der Waals surface area contributed by atoms with Gasteiger partial charge in [-0.15, -0.1) is 0 Å². The van der Waals surface area contributed by atoms with Gasteiger partial charge in [0.05, 0.1) is 22.9 Å². The molecule has 1 atom stereocenters. The molecule has 2 amide bonds. The van der Waals surface area contributed by atoms with Crippen LogP contribution in [0.3, 0.4) is 0 Å². The molecule has 148 valence electrons. The molecule has 1 aliphatic heterocycles. The first-order valence-corrected chi connectivity index (χ1v) is 10.2. The second-order valence-electron chi connectivity index (χ2n) is 6.87. The Kier molecular flexibility index (Phi) is 5.39. The number of sulfonamides is 1. The van der Waals surface area contributed by atoms with Crippen LogP contribution in [0.2, 0.25) is 0 Å². The number of nitrogens with zero attached hydrogens (tertiary/aromatic N) is 1. The molecular formula is C19H21N3O5S. The lowest BCUT2D eigenvalue weighted by Gasteiger charge is -2.36. The average Bonchev–Trinajstić information content (AvgIpc) is 2.64. The molecule has 9 heteroatoms. The van der Waals surface area contributed by atoms with Crippen LogP contribution in [0.4, 0.5) is 16.2 Å². The summed E-state index contributed by atoms with van der Waals surface area (Å²) in [6.45, 7) is 3.98. The van der Waals surface area contributed by atoms with Crippen LogP contribution in [0.25, 0.3) is 0 Å². The third kappa shape index (κ3) is 4.00. The van der Waals surface area contributed by atoms with Gasteiger partial charge in [-0.1, -0.05) is 44.2 Å². The summed E-state index contributed by atoms with van der Waals surface area (Å²) >= 11 is 0. The fourth-order valence-electron chi connectivity index (χ4n) is 2.91. The number of nitrogens with two attached hydrogens (primary N) is 1. The number of hydrogen-bond donors (Lipinski definition) is 2. The third-order valence-electron chi connectivity index (χ3n) is 4.17. The Labute approximate surface area is 163 Å². The minimum atomic E-state index is -3.96. The SMILES string of the molecule is CC(C)COC(=O)N1c2ccc(S(N)(=O)=O)cc2NC(=O)C1c1ccccc1. The molecule has 0 spiro atoms. The smallest absolute Gasteiger partial charge is 0.415 e. The van der Waals surface area contributed by atoms with Gasteiger partial charge in [0.25, 0.3) is 5.91 Å². The van der Waals surface area contributed by atoms with Crippen molar-refractivity contribution in [3.8, 4) is 0 Å². The quantitative estimate of drug-likeness (QED) is 0.813. The molecule has 1 aliphatic rings. The Balaban J connectivity index is 2.10. The van der Waals surface area contributed by atoms with E-state index in [1.165, 1.54) is 23.1 Å². The third-order valence-corrected chi connectivity index (χ3v) is 5.08. The summed E-state index contributed by atoms with van der Waals surface area (Å²) in [6, 6.07) is 11.8. The van der Waals surface area contributed by atoms with Crippen LogP contribution in [0.1, 0.15) is 25.5 Å². The lowest BCUT2D eigenvalue weighted by molar-refractivity contribution is -0.117. The Morgan fingerprint density at radius 3 is 2.50 bits per heavy atom. The highest BCUT2D eigenvalue weighted by molar-refractivity contribution is 7.89. The van der Waals surface area contributed by atoms with Gasteiger partial charge in [0, 0.05) is 0 Å². The molecule has 0 bridgehead atoms. The largest absolute Gasteiger partial charge is 0.449 e. The minimum absolute atomic E-state index is 0.113. The van der Waals surface area contributed by atoms with Crippen molar-refractivity contribution in [1.29, 1.82) is 0 Å². The summed E-state index contributed by atoms with van der Waals surface area (Å²) in [7, 11) is -3.96. The number of ether oxygens (including phenoxy) is 1. The summed E-state index contributed by atoms with van der Waals surface area (Å²) in [6.07, 6.45) is -0.693. The van der Waals surface area contributed by atoms with Crippen LogP contribution in [-0.4, -0.2) is 27.0 Å². The van der Waals surface area contributed by atoms with Crippen molar-refractivity contribution in [2.75, 3.05) is 16.8 Å². The lowest BCUT2D eigenvalue weighted by Crippen LogP contribution is -2.45. The van der Waals surface area contributed by atoms with Crippen LogP contribution in [0, 0.1) is 5.92 Å². The number of anilines is 2. The van der Waals surface area contributed by atoms with E-state index in [1.807, 2.05) is 13.8 Å². The number of rotatable bonds is 4. The highest BCUT2D eigenvalue weighted by Crippen LogP contribution is 2.39. The molecule has 1 unspecified atom stereocenters. The molecule has 0 aromatic heterocycles. The van der Waals surface area contributed by atoms with E-state index in [0.29, 0.717) is 11.3 Å². The fourth-order valence-corrected chi connectivity index (χ4v) is 3.45. The van der Waals surface area contributed by atoms with Crippen LogP contribution in [0.5, 0.6) is 0 Å². The van der Waals surface area contributed by atoms with Gasteiger partial charge in [-0.3, -0.25) is 9.69 Å². The Morgan fingerprint density at radius 1 is 1.21 bits per heavy atom. The van der Waals surface area contributed by atoms with Gasteiger partial charge in [-0.2, -0.15) is 0 Å². The zero-order valence-electron chi connectivity index (χ0n) is 15.5. The molecule has 3 N–H and O–H groups in total. The van der Waals surface area contributed by atoms with Gasteiger partial charge in [0.1, 0.15) is 6.04 Å². The average molecular weight is 403 g/mol. The van der Waals surface area contributed by atoms with E-state index in [4.69, 9.17) is 9.88 Å². The molecule has 0 aliphatic carbocycles. The number of nitrogens with one attached hydrogen (secondary N) is 1. The maximum Gasteiger partial charge on any atom is 0.415 e. The van der Waals surface area contributed by atoms with E-state index in [1.54, 1.807) is 30.3 Å². The summed E-state index contributed by atoms with van der Waals surface area (Å²) < 4.78 is 28.6. The van der Waals surface area contributed by atoms with Crippen LogP contribution in [0.15, 0.2) is 53.4 Å². The number of carbonyl (C=O) groups is 2. The van der Waals surface area contributed by atoms with E-state index < -0.39 is 28.1 Å². The summed E-state index contributed by atoms with van der Waals surface area (Å²) in [5.74, 6) is -0.367. The number of amides is 2. The Bertz CT molecular complexity index is 1010. The molecule has 0 radical (unpaired) electrons. The van der Waals surface area contributed by atoms with Crippen molar-refractivity contribution in [2.45, 2.75) is 24.8 Å². The molecule has 8 nitrogen and oxygen atoms in total. The number of hydrogen-bond acceptors (Lipinski definition) is 5. The van der Waals surface area contributed by atoms with Crippen LogP contribution < -0.4 is 15.4 Å². The number of benzene rings is 2. The number of carbonyl (C=O) groups excluding carboxylic acids is 2. The summed E-state index contributed by atoms with van der Waals surface area (Å²) in [5.41, 5.74) is 1.10. The predicted octanol–water partition coefficient (Wildman–Crippen LogP) is 2.63. The van der Waals surface area contributed by atoms with Gasteiger partial charge >= 0.3 is 6.09 Å². The molecule has 3 rings (SSSR count). The van der Waals surface area contributed by atoms with Gasteiger partial charge in [-0.25, -0.2) is 18.4 Å². The first kappa shape index (κ1) is 19.8. The second-order valence-corrected chi connectivity index (χ2v) is 8.43. The second kappa shape index (κ2) is 7.61. The molecular weight excluding hydrogens is 382 g/mol. The highest BCUT2D eigenvalue weighted by atomic mass is 32.2. The van der Waals surface area contributed by atoms with Gasteiger partial charge in [0.15, 0.2) is 0 Å². The normalized spacial score (nSPS) is 16.5. The van der Waals surface area contributed by atoms with Gasteiger partial charge < -0.3 is 10.1 Å². The molecule has 0 fully saturated rings. The zero-order valence-corrected chi connectivity index (χ0v) is 16.3. The fraction of sp³-hybridized carbons (Fsp3) is 0.263. The lowest BCUT2D eigenvalue weighted by atomic mass is 10.0. The Hall–Kier alpha value is -2.91. The molecule has 2 aromatic carbocycles. The van der Waals surface area contributed by atoms with Crippen LogP contribution >= 0.6 is 0 Å². The maximum atomic E-state index is 12.9. The molecule has 1 heterocycles. The van der Waals surface area contributed by atoms with E-state index in [-0.39, 0.29) is 23.1 Å². The van der Waals surface area contributed by atoms with E-state index >= 15 is 0 Å². The highest BCUT2D eigenvalue weighted by Gasteiger charge is 2.39. The first-order valence-electron chi connectivity index (χ1n) is 8.67. The number of primary sulfonamides is 1. The van der Waals surface area contributed by atoms with E-state index in [9.17, 15) is 18.0 Å². The predicted molar refractivity (Wildman–Crippen MR) is 104 cm³/mol. The Morgan fingerprint density at radius 2 is 1.89 bits per heavy atom. The van der Waals surface area contributed by atoms with Crippen molar-refractivity contribution in [3.63, 3.8) is 0 Å². The van der Waals surface area contributed by atoms with Crippen molar-refractivity contribution in [3.05, 3.63) is 54.1 Å². The van der Waals surface area contributed by atoms with E-state index in [0.717, 1.165) is 0 Å². The molecule has 2 aromatic rings. The number of fused-ring (bicyclic) bond motifs is 1. The summed E-state index contributed by atoms with van der Waals surface area (Å²) in [5, 5.41) is 7.83. The molecule has 0 saturated heterocycles. The maximum absolute atomic E-state index is 12.9. The van der Waals surface area contributed by atoms with Crippen molar-refractivity contribution in [2.24, 2.45) is 11.1 Å². The molecule has 0 saturated carbocycles. The van der Waals surface area contributed by atoms with Crippen molar-refractivity contribution < 1.29 is 22.7 Å². The standard InChI is InChI=1S/C19H21N3O5S/c1-12(2)11-27-19(24)22-16-9-8-14(28(20,25)26)10-15(16)21-18(23)17(22)13-6-4-3-5-7-13/h3-10,12,17H,11H2,1-2H3,(H,21,23)(H2,20,25,26). The van der Waals surface area contributed by atoms with Gasteiger partial charge in [0.2, 0.25) is 10.0 Å². The van der Waals surface area contributed by atoms with Crippen molar-refractivity contribution >= 4 is 33.4 Å². The molecule has 28 heavy (non-hydrogen) atoms. The van der Waals surface area contributed by atoms with Gasteiger partial charge in [-0.05, 0) is 29.7 Å². The minimum Gasteiger partial charge on any atom is -0.449 e. The van der Waals surface area contributed by atoms with E-state index in [2.05, 4.69) is 5.32 Å². The van der Waals surface area contributed by atoms with Crippen LogP contribution in [-0.2, 0) is 19.6 Å². The monoisotopic (exact) mass is 403 g/mol.